The standard InChI is InChI=1S/C9H15N3/c1-4-7-5(2)8(10)6(3)12-9(7)11/h4,10H2,1-3H3,(H2,11,12). The maximum Gasteiger partial charge on any atom is 0.127 e. The Balaban J connectivity index is 3.40. The van der Waals surface area contributed by atoms with Gasteiger partial charge in [0, 0.05) is 0 Å². The minimum Gasteiger partial charge on any atom is -0.397 e. The van der Waals surface area contributed by atoms with Crippen LogP contribution in [-0.2, 0) is 6.42 Å². The van der Waals surface area contributed by atoms with Gasteiger partial charge in [0.25, 0.3) is 0 Å². The molecule has 12 heavy (non-hydrogen) atoms. The average molecular weight is 165 g/mol. The van der Waals surface area contributed by atoms with Gasteiger partial charge < -0.3 is 11.5 Å². The van der Waals surface area contributed by atoms with E-state index in [1.54, 1.807) is 0 Å². The van der Waals surface area contributed by atoms with Gasteiger partial charge in [-0.2, -0.15) is 0 Å². The molecule has 0 atom stereocenters. The second-order valence-electron chi connectivity index (χ2n) is 2.95. The van der Waals surface area contributed by atoms with Crippen molar-refractivity contribution in [1.82, 2.24) is 4.98 Å². The van der Waals surface area contributed by atoms with Gasteiger partial charge in [0.15, 0.2) is 0 Å². The van der Waals surface area contributed by atoms with Gasteiger partial charge in [0.05, 0.1) is 11.4 Å². The lowest BCUT2D eigenvalue weighted by Gasteiger charge is -2.11. The third-order valence-electron chi connectivity index (χ3n) is 2.20. The van der Waals surface area contributed by atoms with Crippen molar-refractivity contribution in [2.24, 2.45) is 0 Å². The molecule has 3 heteroatoms. The Morgan fingerprint density at radius 3 is 2.33 bits per heavy atom. The summed E-state index contributed by atoms with van der Waals surface area (Å²) in [5.41, 5.74) is 15.3. The van der Waals surface area contributed by atoms with Crippen molar-refractivity contribution in [1.29, 1.82) is 0 Å². The third-order valence-corrected chi connectivity index (χ3v) is 2.20. The largest absolute Gasteiger partial charge is 0.397 e. The Labute approximate surface area is 72.8 Å². The highest BCUT2D eigenvalue weighted by molar-refractivity contribution is 5.60. The molecule has 3 nitrogen and oxygen atoms in total. The van der Waals surface area contributed by atoms with E-state index in [4.69, 9.17) is 11.5 Å². The zero-order valence-corrected chi connectivity index (χ0v) is 7.81. The van der Waals surface area contributed by atoms with E-state index in [2.05, 4.69) is 11.9 Å². The highest BCUT2D eigenvalue weighted by Crippen LogP contribution is 2.23. The van der Waals surface area contributed by atoms with E-state index in [0.717, 1.165) is 28.9 Å². The summed E-state index contributed by atoms with van der Waals surface area (Å²) in [5, 5.41) is 0. The van der Waals surface area contributed by atoms with Gasteiger partial charge >= 0.3 is 0 Å². The van der Waals surface area contributed by atoms with Gasteiger partial charge in [-0.3, -0.25) is 0 Å². The number of anilines is 2. The van der Waals surface area contributed by atoms with Gasteiger partial charge in [-0.1, -0.05) is 6.92 Å². The molecule has 0 saturated carbocycles. The predicted molar refractivity (Wildman–Crippen MR) is 51.9 cm³/mol. The number of hydrogen-bond acceptors (Lipinski definition) is 3. The molecule has 0 aliphatic carbocycles. The molecule has 1 heterocycles. The van der Waals surface area contributed by atoms with E-state index in [1.165, 1.54) is 0 Å². The summed E-state index contributed by atoms with van der Waals surface area (Å²) in [4.78, 5) is 4.16. The summed E-state index contributed by atoms with van der Waals surface area (Å²) in [6, 6.07) is 0. The Bertz CT molecular complexity index is 305. The van der Waals surface area contributed by atoms with Crippen LogP contribution in [0.3, 0.4) is 0 Å². The van der Waals surface area contributed by atoms with E-state index in [9.17, 15) is 0 Å². The summed E-state index contributed by atoms with van der Waals surface area (Å²) >= 11 is 0. The van der Waals surface area contributed by atoms with E-state index in [1.807, 2.05) is 13.8 Å². The molecule has 0 unspecified atom stereocenters. The van der Waals surface area contributed by atoms with Crippen molar-refractivity contribution in [2.75, 3.05) is 11.5 Å². The van der Waals surface area contributed by atoms with Crippen LogP contribution in [0.15, 0.2) is 0 Å². The fourth-order valence-electron chi connectivity index (χ4n) is 1.38. The van der Waals surface area contributed by atoms with Crippen molar-refractivity contribution in [3.63, 3.8) is 0 Å². The number of aryl methyl sites for hydroxylation is 1. The first kappa shape index (κ1) is 8.84. The number of nitrogens with zero attached hydrogens (tertiary/aromatic N) is 1. The molecule has 0 spiro atoms. The van der Waals surface area contributed by atoms with Crippen molar-refractivity contribution in [2.45, 2.75) is 27.2 Å². The normalized spacial score (nSPS) is 10.2. The van der Waals surface area contributed by atoms with E-state index in [-0.39, 0.29) is 0 Å². The highest BCUT2D eigenvalue weighted by Gasteiger charge is 2.08. The lowest BCUT2D eigenvalue weighted by atomic mass is 10.1. The van der Waals surface area contributed by atoms with Crippen LogP contribution in [0.5, 0.6) is 0 Å². The first-order valence-electron chi connectivity index (χ1n) is 4.09. The number of pyridine rings is 1. The van der Waals surface area contributed by atoms with E-state index in [0.29, 0.717) is 5.82 Å². The Kier molecular flexibility index (Phi) is 2.22. The van der Waals surface area contributed by atoms with E-state index >= 15 is 0 Å². The minimum atomic E-state index is 0.613. The summed E-state index contributed by atoms with van der Waals surface area (Å²) in [7, 11) is 0. The van der Waals surface area contributed by atoms with Crippen molar-refractivity contribution in [3.05, 3.63) is 16.8 Å². The molecule has 0 aliphatic heterocycles. The molecule has 1 aromatic rings. The van der Waals surface area contributed by atoms with Crippen LogP contribution >= 0.6 is 0 Å². The average Bonchev–Trinajstić information content (AvgIpc) is 2.01. The van der Waals surface area contributed by atoms with Crippen molar-refractivity contribution in [3.8, 4) is 0 Å². The molecular formula is C9H15N3. The molecule has 4 N–H and O–H groups in total. The first-order chi connectivity index (χ1) is 5.57. The summed E-state index contributed by atoms with van der Waals surface area (Å²) < 4.78 is 0. The van der Waals surface area contributed by atoms with Crippen LogP contribution in [0.4, 0.5) is 11.5 Å². The number of nitrogens with two attached hydrogens (primary N) is 2. The number of rotatable bonds is 1. The van der Waals surface area contributed by atoms with Crippen LogP contribution in [0, 0.1) is 13.8 Å². The van der Waals surface area contributed by atoms with Gasteiger partial charge in [-0.15, -0.1) is 0 Å². The van der Waals surface area contributed by atoms with Gasteiger partial charge in [0.1, 0.15) is 5.82 Å². The third kappa shape index (κ3) is 1.22. The fraction of sp³-hybridized carbons (Fsp3) is 0.444. The molecular weight excluding hydrogens is 150 g/mol. The van der Waals surface area contributed by atoms with Gasteiger partial charge in [0.2, 0.25) is 0 Å². The zero-order chi connectivity index (χ0) is 9.30. The van der Waals surface area contributed by atoms with Crippen LogP contribution in [0.1, 0.15) is 23.7 Å². The second kappa shape index (κ2) is 3.01. The van der Waals surface area contributed by atoms with Crippen LogP contribution in [0.25, 0.3) is 0 Å². The summed E-state index contributed by atoms with van der Waals surface area (Å²) in [6.45, 7) is 5.91. The van der Waals surface area contributed by atoms with Crippen LogP contribution < -0.4 is 11.5 Å². The quantitative estimate of drug-likeness (QED) is 0.661. The second-order valence-corrected chi connectivity index (χ2v) is 2.95. The summed E-state index contributed by atoms with van der Waals surface area (Å²) in [5.74, 6) is 0.613. The number of nitrogen functional groups attached to an aromatic ring is 2. The predicted octanol–water partition coefficient (Wildman–Crippen LogP) is 1.43. The Morgan fingerprint density at radius 2 is 1.83 bits per heavy atom. The van der Waals surface area contributed by atoms with Gasteiger partial charge in [-0.25, -0.2) is 4.98 Å². The highest BCUT2D eigenvalue weighted by atomic mass is 14.9. The molecule has 1 aromatic heterocycles. The number of aromatic nitrogens is 1. The van der Waals surface area contributed by atoms with Gasteiger partial charge in [-0.05, 0) is 31.4 Å². The smallest absolute Gasteiger partial charge is 0.127 e. The fourth-order valence-corrected chi connectivity index (χ4v) is 1.38. The van der Waals surface area contributed by atoms with Crippen molar-refractivity contribution < 1.29 is 0 Å². The molecule has 1 rings (SSSR count). The Hall–Kier alpha value is -1.25. The molecule has 0 aromatic carbocycles. The molecule has 0 fully saturated rings. The first-order valence-corrected chi connectivity index (χ1v) is 4.09. The topological polar surface area (TPSA) is 64.9 Å². The molecule has 0 bridgehead atoms. The Morgan fingerprint density at radius 1 is 1.25 bits per heavy atom. The lowest BCUT2D eigenvalue weighted by Crippen LogP contribution is -2.06. The SMILES string of the molecule is CCc1c(N)nc(C)c(N)c1C. The summed E-state index contributed by atoms with van der Waals surface area (Å²) in [6.07, 6.45) is 0.884. The van der Waals surface area contributed by atoms with Crippen LogP contribution in [0.2, 0.25) is 0 Å². The molecule has 66 valence electrons. The monoisotopic (exact) mass is 165 g/mol. The maximum atomic E-state index is 5.81. The van der Waals surface area contributed by atoms with E-state index < -0.39 is 0 Å². The number of hydrogen-bond donors (Lipinski definition) is 2. The maximum absolute atomic E-state index is 5.81. The van der Waals surface area contributed by atoms with Crippen molar-refractivity contribution >= 4 is 11.5 Å². The molecule has 0 saturated heterocycles. The molecule has 0 amide bonds. The zero-order valence-electron chi connectivity index (χ0n) is 7.81. The van der Waals surface area contributed by atoms with Crippen LogP contribution in [-0.4, -0.2) is 4.98 Å². The molecule has 0 aliphatic rings. The minimum absolute atomic E-state index is 0.613. The molecule has 0 radical (unpaired) electrons. The lowest BCUT2D eigenvalue weighted by molar-refractivity contribution is 1.06.